The van der Waals surface area contributed by atoms with Crippen LogP contribution in [0.25, 0.3) is 0 Å². The molecule has 0 aliphatic rings. The summed E-state index contributed by atoms with van der Waals surface area (Å²) in [6.45, 7) is 6.76. The summed E-state index contributed by atoms with van der Waals surface area (Å²) < 4.78 is 5.08. The molecule has 1 aromatic carbocycles. The molecule has 0 fully saturated rings. The molecule has 19 heavy (non-hydrogen) atoms. The lowest BCUT2D eigenvalue weighted by Gasteiger charge is -2.20. The number of oxime groups is 1. The van der Waals surface area contributed by atoms with E-state index in [9.17, 15) is 9.90 Å². The molecule has 1 amide bonds. The van der Waals surface area contributed by atoms with E-state index >= 15 is 0 Å². The summed E-state index contributed by atoms with van der Waals surface area (Å²) in [5.41, 5.74) is 0.135. The molecule has 0 saturated heterocycles. The maximum absolute atomic E-state index is 11.6. The summed E-state index contributed by atoms with van der Waals surface area (Å²) in [5, 5.41) is 24.1. The lowest BCUT2D eigenvalue weighted by atomic mass is 10.1. The largest absolute Gasteiger partial charge is 0.505 e. The minimum Gasteiger partial charge on any atom is -0.505 e. The zero-order valence-electron chi connectivity index (χ0n) is 11.4. The van der Waals surface area contributed by atoms with Crippen LogP contribution in [-0.4, -0.2) is 27.7 Å². The minimum absolute atomic E-state index is 0.177. The minimum atomic E-state index is -0.668. The number of hydrogen-bond donors (Lipinski definition) is 3. The van der Waals surface area contributed by atoms with E-state index in [1.165, 1.54) is 13.0 Å². The normalized spacial score (nSPS) is 12.1. The van der Waals surface area contributed by atoms with Gasteiger partial charge in [0.15, 0.2) is 0 Å². The van der Waals surface area contributed by atoms with Crippen molar-refractivity contribution in [2.45, 2.75) is 33.3 Å². The molecule has 0 heterocycles. The molecule has 3 N–H and O–H groups in total. The van der Waals surface area contributed by atoms with Crippen molar-refractivity contribution < 1.29 is 19.8 Å². The summed E-state index contributed by atoms with van der Waals surface area (Å²) in [6.07, 6.45) is -0.668. The fourth-order valence-corrected chi connectivity index (χ4v) is 1.40. The third-order valence-corrected chi connectivity index (χ3v) is 2.21. The van der Waals surface area contributed by atoms with E-state index < -0.39 is 11.7 Å². The number of phenolic OH excluding ortho intramolecular Hbond substituents is 1. The summed E-state index contributed by atoms with van der Waals surface area (Å²) in [4.78, 5) is 11.6. The van der Waals surface area contributed by atoms with Gasteiger partial charge in [-0.3, -0.25) is 5.32 Å². The number of phenols is 1. The predicted octanol–water partition coefficient (Wildman–Crippen LogP) is 2.94. The Morgan fingerprint density at radius 2 is 2.00 bits per heavy atom. The van der Waals surface area contributed by atoms with Crippen LogP contribution in [0.4, 0.5) is 10.5 Å². The average Bonchev–Trinajstić information content (AvgIpc) is 2.28. The van der Waals surface area contributed by atoms with Crippen molar-refractivity contribution in [3.63, 3.8) is 0 Å². The fourth-order valence-electron chi connectivity index (χ4n) is 1.40. The van der Waals surface area contributed by atoms with Gasteiger partial charge in [-0.2, -0.15) is 0 Å². The molecule has 0 bridgehead atoms. The number of aromatic hydroxyl groups is 1. The van der Waals surface area contributed by atoms with Crippen molar-refractivity contribution in [1.29, 1.82) is 0 Å². The molecule has 1 rings (SSSR count). The summed E-state index contributed by atoms with van der Waals surface area (Å²) in [7, 11) is 0. The number of rotatable bonds is 2. The number of benzene rings is 1. The van der Waals surface area contributed by atoms with Crippen molar-refractivity contribution in [3.8, 4) is 5.75 Å². The Morgan fingerprint density at radius 1 is 1.37 bits per heavy atom. The Hall–Kier alpha value is -2.24. The van der Waals surface area contributed by atoms with E-state index in [2.05, 4.69) is 10.5 Å². The SMILES string of the molecule is C/C(=N/O)c1cccc(NC(=O)OC(C)(C)C)c1O. The Kier molecular flexibility index (Phi) is 4.37. The monoisotopic (exact) mass is 266 g/mol. The first-order valence-electron chi connectivity index (χ1n) is 5.75. The van der Waals surface area contributed by atoms with Crippen molar-refractivity contribution in [2.75, 3.05) is 5.32 Å². The van der Waals surface area contributed by atoms with Gasteiger partial charge in [0.25, 0.3) is 0 Å². The maximum atomic E-state index is 11.6. The van der Waals surface area contributed by atoms with E-state index in [0.717, 1.165) is 0 Å². The molecular formula is C13H18N2O4. The average molecular weight is 266 g/mol. The highest BCUT2D eigenvalue weighted by atomic mass is 16.6. The van der Waals surface area contributed by atoms with E-state index in [1.807, 2.05) is 0 Å². The third kappa shape index (κ3) is 4.17. The fraction of sp³-hybridized carbons (Fsp3) is 0.385. The van der Waals surface area contributed by atoms with Crippen LogP contribution in [0.5, 0.6) is 5.75 Å². The molecule has 0 radical (unpaired) electrons. The number of nitrogens with one attached hydrogen (secondary N) is 1. The molecule has 0 aromatic heterocycles. The van der Waals surface area contributed by atoms with Crippen molar-refractivity contribution >= 4 is 17.5 Å². The number of carbonyl (C=O) groups is 1. The van der Waals surface area contributed by atoms with Gasteiger partial charge >= 0.3 is 6.09 Å². The van der Waals surface area contributed by atoms with Crippen LogP contribution in [0.1, 0.15) is 33.3 Å². The number of nitrogens with zero attached hydrogens (tertiary/aromatic N) is 1. The van der Waals surface area contributed by atoms with Gasteiger partial charge in [0.1, 0.15) is 11.4 Å². The smallest absolute Gasteiger partial charge is 0.412 e. The summed E-state index contributed by atoms with van der Waals surface area (Å²) in [5.74, 6) is -0.177. The first kappa shape index (κ1) is 14.8. The third-order valence-electron chi connectivity index (χ3n) is 2.21. The zero-order chi connectivity index (χ0) is 14.6. The van der Waals surface area contributed by atoms with E-state index in [4.69, 9.17) is 9.94 Å². The second-order valence-electron chi connectivity index (χ2n) is 5.01. The molecule has 0 spiro atoms. The molecular weight excluding hydrogens is 248 g/mol. The number of hydrogen-bond acceptors (Lipinski definition) is 5. The van der Waals surface area contributed by atoms with Crippen LogP contribution in [0, 0.1) is 0 Å². The first-order chi connectivity index (χ1) is 8.74. The number of amides is 1. The Bertz CT molecular complexity index is 504. The number of ether oxygens (including phenoxy) is 1. The van der Waals surface area contributed by atoms with Crippen molar-refractivity contribution in [1.82, 2.24) is 0 Å². The van der Waals surface area contributed by atoms with Gasteiger partial charge in [-0.1, -0.05) is 11.2 Å². The highest BCUT2D eigenvalue weighted by Gasteiger charge is 2.18. The Labute approximate surface area is 111 Å². The predicted molar refractivity (Wildman–Crippen MR) is 72.0 cm³/mol. The highest BCUT2D eigenvalue weighted by Crippen LogP contribution is 2.28. The molecule has 104 valence electrons. The van der Waals surface area contributed by atoms with Crippen LogP contribution in [0.15, 0.2) is 23.4 Å². The van der Waals surface area contributed by atoms with Gasteiger partial charge in [-0.15, -0.1) is 0 Å². The van der Waals surface area contributed by atoms with Crippen LogP contribution in [-0.2, 0) is 4.74 Å². The number of anilines is 1. The van der Waals surface area contributed by atoms with Crippen LogP contribution in [0.2, 0.25) is 0 Å². The Morgan fingerprint density at radius 3 is 2.53 bits per heavy atom. The van der Waals surface area contributed by atoms with Gasteiger partial charge in [-0.05, 0) is 39.8 Å². The van der Waals surface area contributed by atoms with E-state index in [1.54, 1.807) is 32.9 Å². The van der Waals surface area contributed by atoms with E-state index in [0.29, 0.717) is 5.56 Å². The molecule has 0 atom stereocenters. The molecule has 0 aliphatic heterocycles. The molecule has 0 aliphatic carbocycles. The number of carbonyl (C=O) groups excluding carboxylic acids is 1. The molecule has 0 unspecified atom stereocenters. The quantitative estimate of drug-likeness (QED) is 0.332. The molecule has 1 aromatic rings. The van der Waals surface area contributed by atoms with Gasteiger partial charge in [0.05, 0.1) is 11.4 Å². The van der Waals surface area contributed by atoms with Crippen molar-refractivity contribution in [2.24, 2.45) is 5.16 Å². The summed E-state index contributed by atoms with van der Waals surface area (Å²) in [6, 6.07) is 4.72. The summed E-state index contributed by atoms with van der Waals surface area (Å²) >= 11 is 0. The Balaban J connectivity index is 2.94. The van der Waals surface area contributed by atoms with Gasteiger partial charge < -0.3 is 15.1 Å². The van der Waals surface area contributed by atoms with Crippen LogP contribution < -0.4 is 5.32 Å². The standard InChI is InChI=1S/C13H18N2O4/c1-8(15-18)9-6-5-7-10(11(9)16)14-12(17)19-13(2,3)4/h5-7,16,18H,1-4H3,(H,14,17)/b15-8-. The van der Waals surface area contributed by atoms with E-state index in [-0.39, 0.29) is 17.1 Å². The van der Waals surface area contributed by atoms with Gasteiger partial charge in [0.2, 0.25) is 0 Å². The second kappa shape index (κ2) is 5.60. The topological polar surface area (TPSA) is 91.2 Å². The molecule has 6 nitrogen and oxygen atoms in total. The van der Waals surface area contributed by atoms with Crippen LogP contribution in [0.3, 0.4) is 0 Å². The highest BCUT2D eigenvalue weighted by molar-refractivity contribution is 6.03. The zero-order valence-corrected chi connectivity index (χ0v) is 11.4. The lowest BCUT2D eigenvalue weighted by molar-refractivity contribution is 0.0635. The molecule has 6 heteroatoms. The molecule has 0 saturated carbocycles. The second-order valence-corrected chi connectivity index (χ2v) is 5.01. The van der Waals surface area contributed by atoms with Gasteiger partial charge in [-0.25, -0.2) is 4.79 Å². The van der Waals surface area contributed by atoms with Crippen LogP contribution >= 0.6 is 0 Å². The van der Waals surface area contributed by atoms with Gasteiger partial charge in [0, 0.05) is 5.56 Å². The maximum Gasteiger partial charge on any atom is 0.412 e. The van der Waals surface area contributed by atoms with Crippen molar-refractivity contribution in [3.05, 3.63) is 23.8 Å². The number of para-hydroxylation sites is 1. The first-order valence-corrected chi connectivity index (χ1v) is 5.75. The lowest BCUT2D eigenvalue weighted by Crippen LogP contribution is -2.27.